The number of nitrogens with two attached hydrogens (primary N) is 3. The SMILES string of the molecule is CC(C)C(NC(=O)C(Cc1ccc(O)cc1)NC(=O)C(CCCN=C(N)N)NC(=O)C(N)CC(=O)O)C(=O)O. The van der Waals surface area contributed by atoms with Gasteiger partial charge in [-0.1, -0.05) is 26.0 Å². The molecule has 0 bridgehead atoms. The lowest BCUT2D eigenvalue weighted by atomic mass is 10.0. The molecule has 12 N–H and O–H groups in total. The Balaban J connectivity index is 3.20. The zero-order chi connectivity index (χ0) is 29.7. The van der Waals surface area contributed by atoms with Crippen molar-refractivity contribution in [2.24, 2.45) is 28.1 Å². The lowest BCUT2D eigenvalue weighted by molar-refractivity contribution is -0.143. The quantitative estimate of drug-likeness (QED) is 0.0614. The van der Waals surface area contributed by atoms with Crippen LogP contribution in [0.3, 0.4) is 0 Å². The van der Waals surface area contributed by atoms with Gasteiger partial charge in [-0.3, -0.25) is 24.2 Å². The molecular formula is C24H37N7O8. The third kappa shape index (κ3) is 12.1. The minimum absolute atomic E-state index is 0.00540. The van der Waals surface area contributed by atoms with Crippen molar-refractivity contribution in [3.8, 4) is 5.75 Å². The maximum atomic E-state index is 13.3. The molecule has 1 rings (SSSR count). The van der Waals surface area contributed by atoms with E-state index in [1.54, 1.807) is 13.8 Å². The van der Waals surface area contributed by atoms with Gasteiger partial charge in [0.1, 0.15) is 23.9 Å². The highest BCUT2D eigenvalue weighted by molar-refractivity contribution is 5.94. The van der Waals surface area contributed by atoms with Crippen LogP contribution in [0, 0.1) is 5.92 Å². The Morgan fingerprint density at radius 1 is 0.897 bits per heavy atom. The van der Waals surface area contributed by atoms with Crippen LogP contribution in [-0.4, -0.2) is 81.7 Å². The van der Waals surface area contributed by atoms with Crippen molar-refractivity contribution in [1.29, 1.82) is 0 Å². The molecule has 0 saturated carbocycles. The van der Waals surface area contributed by atoms with Crippen LogP contribution in [0.1, 0.15) is 38.7 Å². The Morgan fingerprint density at radius 3 is 1.97 bits per heavy atom. The summed E-state index contributed by atoms with van der Waals surface area (Å²) in [7, 11) is 0. The number of carbonyl (C=O) groups is 5. The number of guanidine groups is 1. The number of aliphatic carboxylic acids is 2. The molecular weight excluding hydrogens is 514 g/mol. The van der Waals surface area contributed by atoms with Crippen molar-refractivity contribution < 1.29 is 39.3 Å². The largest absolute Gasteiger partial charge is 0.508 e. The van der Waals surface area contributed by atoms with Crippen molar-refractivity contribution in [1.82, 2.24) is 16.0 Å². The van der Waals surface area contributed by atoms with Crippen molar-refractivity contribution in [3.05, 3.63) is 29.8 Å². The van der Waals surface area contributed by atoms with E-state index >= 15 is 0 Å². The molecule has 0 aliphatic rings. The van der Waals surface area contributed by atoms with Crippen LogP contribution in [0.5, 0.6) is 5.75 Å². The highest BCUT2D eigenvalue weighted by atomic mass is 16.4. The van der Waals surface area contributed by atoms with Gasteiger partial charge in [-0.15, -0.1) is 0 Å². The molecule has 4 unspecified atom stereocenters. The third-order valence-corrected chi connectivity index (χ3v) is 5.55. The molecule has 15 heteroatoms. The number of phenolic OH excluding ortho intramolecular Hbond substituents is 1. The number of hydrogen-bond donors (Lipinski definition) is 9. The normalized spacial score (nSPS) is 13.8. The highest BCUT2D eigenvalue weighted by Gasteiger charge is 2.31. The van der Waals surface area contributed by atoms with Gasteiger partial charge in [0.05, 0.1) is 12.5 Å². The van der Waals surface area contributed by atoms with Crippen LogP contribution in [0.25, 0.3) is 0 Å². The molecule has 0 heterocycles. The van der Waals surface area contributed by atoms with Gasteiger partial charge < -0.3 is 48.5 Å². The summed E-state index contributed by atoms with van der Waals surface area (Å²) in [4.78, 5) is 65.2. The molecule has 0 fully saturated rings. The van der Waals surface area contributed by atoms with Gasteiger partial charge in [0, 0.05) is 13.0 Å². The first-order valence-electron chi connectivity index (χ1n) is 12.2. The predicted molar refractivity (Wildman–Crippen MR) is 140 cm³/mol. The fourth-order valence-electron chi connectivity index (χ4n) is 3.45. The number of aliphatic imine (C=N–C) groups is 1. The summed E-state index contributed by atoms with van der Waals surface area (Å²) >= 11 is 0. The third-order valence-electron chi connectivity index (χ3n) is 5.55. The van der Waals surface area contributed by atoms with Crippen LogP contribution in [0.4, 0.5) is 0 Å². The van der Waals surface area contributed by atoms with E-state index in [1.807, 2.05) is 0 Å². The van der Waals surface area contributed by atoms with Crippen LogP contribution in [0.2, 0.25) is 0 Å². The second-order valence-corrected chi connectivity index (χ2v) is 9.21. The monoisotopic (exact) mass is 551 g/mol. The lowest BCUT2D eigenvalue weighted by Gasteiger charge is -2.26. The van der Waals surface area contributed by atoms with Crippen molar-refractivity contribution in [2.75, 3.05) is 6.54 Å². The number of aromatic hydroxyl groups is 1. The van der Waals surface area contributed by atoms with E-state index in [-0.39, 0.29) is 37.5 Å². The standard InChI is InChI=1S/C24H37N7O8/c1-12(2)19(23(38)39)31-22(37)17(10-13-5-7-14(32)8-6-13)30-21(36)16(4-3-9-28-24(26)27)29-20(35)15(25)11-18(33)34/h5-8,12,15-17,19,32H,3-4,9-11,25H2,1-2H3,(H,29,35)(H,30,36)(H,31,37)(H,33,34)(H,38,39)(H4,26,27,28). The van der Waals surface area contributed by atoms with E-state index in [2.05, 4.69) is 20.9 Å². The molecule has 4 atom stereocenters. The van der Waals surface area contributed by atoms with E-state index in [0.717, 1.165) is 0 Å². The number of amides is 3. The van der Waals surface area contributed by atoms with Crippen molar-refractivity contribution in [2.45, 2.75) is 63.7 Å². The molecule has 1 aromatic rings. The fourth-order valence-corrected chi connectivity index (χ4v) is 3.45. The van der Waals surface area contributed by atoms with Gasteiger partial charge in [-0.2, -0.15) is 0 Å². The van der Waals surface area contributed by atoms with E-state index in [1.165, 1.54) is 24.3 Å². The van der Waals surface area contributed by atoms with Gasteiger partial charge in [-0.25, -0.2) is 4.79 Å². The molecule has 15 nitrogen and oxygen atoms in total. The number of rotatable bonds is 16. The highest BCUT2D eigenvalue weighted by Crippen LogP contribution is 2.13. The first kappa shape index (κ1) is 32.6. The Bertz CT molecular complexity index is 1040. The van der Waals surface area contributed by atoms with Gasteiger partial charge in [0.25, 0.3) is 0 Å². The summed E-state index contributed by atoms with van der Waals surface area (Å²) < 4.78 is 0. The van der Waals surface area contributed by atoms with Crippen molar-refractivity contribution in [3.63, 3.8) is 0 Å². The number of benzene rings is 1. The van der Waals surface area contributed by atoms with Crippen molar-refractivity contribution >= 4 is 35.6 Å². The predicted octanol–water partition coefficient (Wildman–Crippen LogP) is -2.01. The first-order chi connectivity index (χ1) is 18.2. The minimum atomic E-state index is -1.44. The molecule has 0 aromatic heterocycles. The maximum Gasteiger partial charge on any atom is 0.326 e. The Kier molecular flexibility index (Phi) is 13.2. The molecule has 0 saturated heterocycles. The number of carboxylic acid groups (broad SMARTS) is 2. The summed E-state index contributed by atoms with van der Waals surface area (Å²) in [5.41, 5.74) is 16.8. The topological polar surface area (TPSA) is 273 Å². The molecule has 0 aliphatic heterocycles. The molecule has 0 spiro atoms. The number of carboxylic acids is 2. The molecule has 0 radical (unpaired) electrons. The zero-order valence-corrected chi connectivity index (χ0v) is 21.8. The van der Waals surface area contributed by atoms with E-state index < -0.39 is 66.2 Å². The molecule has 0 aliphatic carbocycles. The Morgan fingerprint density at radius 2 is 1.46 bits per heavy atom. The van der Waals surface area contributed by atoms with Gasteiger partial charge in [0.15, 0.2) is 5.96 Å². The van der Waals surface area contributed by atoms with Gasteiger partial charge in [-0.05, 0) is 36.5 Å². The smallest absolute Gasteiger partial charge is 0.326 e. The van der Waals surface area contributed by atoms with Crippen LogP contribution in [-0.2, 0) is 30.4 Å². The average molecular weight is 552 g/mol. The fraction of sp³-hybridized carbons (Fsp3) is 0.500. The zero-order valence-electron chi connectivity index (χ0n) is 21.8. The molecule has 1 aromatic carbocycles. The second kappa shape index (κ2) is 15.8. The summed E-state index contributed by atoms with van der Waals surface area (Å²) in [6.45, 7) is 3.33. The summed E-state index contributed by atoms with van der Waals surface area (Å²) in [6, 6.07) is 0.633. The summed E-state index contributed by atoms with van der Waals surface area (Å²) in [5.74, 6) is -5.71. The molecule has 3 amide bonds. The number of nitrogens with one attached hydrogen (secondary N) is 3. The van der Waals surface area contributed by atoms with E-state index in [0.29, 0.717) is 5.56 Å². The number of carbonyl (C=O) groups excluding carboxylic acids is 3. The van der Waals surface area contributed by atoms with Gasteiger partial charge in [0.2, 0.25) is 17.7 Å². The van der Waals surface area contributed by atoms with Gasteiger partial charge >= 0.3 is 11.9 Å². The summed E-state index contributed by atoms with van der Waals surface area (Å²) in [6.07, 6.45) is -0.513. The van der Waals surface area contributed by atoms with E-state index in [4.69, 9.17) is 22.3 Å². The molecule has 39 heavy (non-hydrogen) atoms. The lowest BCUT2D eigenvalue weighted by Crippen LogP contribution is -2.58. The summed E-state index contributed by atoms with van der Waals surface area (Å²) in [5, 5.41) is 35.3. The first-order valence-corrected chi connectivity index (χ1v) is 12.2. The molecule has 216 valence electrons. The van der Waals surface area contributed by atoms with Crippen LogP contribution >= 0.6 is 0 Å². The number of phenols is 1. The number of hydrogen-bond acceptors (Lipinski definition) is 8. The Hall–Kier alpha value is -4.40. The maximum absolute atomic E-state index is 13.3. The van der Waals surface area contributed by atoms with Crippen LogP contribution < -0.4 is 33.2 Å². The van der Waals surface area contributed by atoms with Crippen LogP contribution in [0.15, 0.2) is 29.3 Å². The average Bonchev–Trinajstić information content (AvgIpc) is 2.83. The number of nitrogens with zero attached hydrogens (tertiary/aromatic N) is 1. The van der Waals surface area contributed by atoms with E-state index in [9.17, 15) is 34.2 Å². The minimum Gasteiger partial charge on any atom is -0.508 e. The Labute approximate surface area is 225 Å². The second-order valence-electron chi connectivity index (χ2n) is 9.21.